The lowest BCUT2D eigenvalue weighted by Gasteiger charge is -2.17. The number of carbonyl (C=O) groups is 1. The molecule has 1 fully saturated rings. The third-order valence-electron chi connectivity index (χ3n) is 3.13. The van der Waals surface area contributed by atoms with E-state index in [0.717, 1.165) is 13.0 Å². The first-order valence-electron chi connectivity index (χ1n) is 5.93. The Morgan fingerprint density at radius 3 is 2.76 bits per heavy atom. The number of hydrogen-bond donors (Lipinski definition) is 2. The molecule has 1 aliphatic heterocycles. The van der Waals surface area contributed by atoms with Crippen molar-refractivity contribution >= 4 is 28.5 Å². The van der Waals surface area contributed by atoms with Crippen LogP contribution in [-0.2, 0) is 4.79 Å². The molecule has 1 heterocycles. The zero-order chi connectivity index (χ0) is 12.3. The van der Waals surface area contributed by atoms with E-state index in [4.69, 9.17) is 0 Å². The molecule has 3 nitrogen and oxygen atoms in total. The molecule has 0 aliphatic carbocycles. The van der Waals surface area contributed by atoms with Gasteiger partial charge in [0.15, 0.2) is 0 Å². The lowest BCUT2D eigenvalue weighted by molar-refractivity contribution is -0.119. The van der Waals surface area contributed by atoms with Crippen LogP contribution in [0.3, 0.4) is 0 Å². The van der Waals surface area contributed by atoms with Gasteiger partial charge in [-0.25, -0.2) is 0 Å². The van der Waals surface area contributed by atoms with Gasteiger partial charge in [-0.05, 0) is 53.6 Å². The Balaban J connectivity index is 1.82. The standard InChI is InChI=1S/C13H17IN2O/c1-9(10-2-4-11(14)5-3-10)15-8-12-6-7-13(17)16-12/h2-5,9,12,15H,6-8H2,1H3,(H,16,17). The third-order valence-corrected chi connectivity index (χ3v) is 3.84. The van der Waals surface area contributed by atoms with Gasteiger partial charge in [-0.3, -0.25) is 4.79 Å². The van der Waals surface area contributed by atoms with E-state index in [1.54, 1.807) is 0 Å². The van der Waals surface area contributed by atoms with Gasteiger partial charge < -0.3 is 10.6 Å². The maximum atomic E-state index is 11.1. The number of nitrogens with one attached hydrogen (secondary N) is 2. The summed E-state index contributed by atoms with van der Waals surface area (Å²) < 4.78 is 1.25. The van der Waals surface area contributed by atoms with E-state index >= 15 is 0 Å². The van der Waals surface area contributed by atoms with Gasteiger partial charge in [0.1, 0.15) is 0 Å². The Morgan fingerprint density at radius 2 is 2.18 bits per heavy atom. The van der Waals surface area contributed by atoms with Gasteiger partial charge in [0, 0.05) is 28.6 Å². The highest BCUT2D eigenvalue weighted by Gasteiger charge is 2.20. The van der Waals surface area contributed by atoms with Crippen molar-refractivity contribution in [3.63, 3.8) is 0 Å². The van der Waals surface area contributed by atoms with Crippen LogP contribution in [0.4, 0.5) is 0 Å². The minimum absolute atomic E-state index is 0.179. The van der Waals surface area contributed by atoms with Gasteiger partial charge in [0.25, 0.3) is 0 Å². The van der Waals surface area contributed by atoms with Crippen LogP contribution in [0.2, 0.25) is 0 Å². The summed E-state index contributed by atoms with van der Waals surface area (Å²) in [6.45, 7) is 3.00. The molecule has 2 rings (SSSR count). The summed E-state index contributed by atoms with van der Waals surface area (Å²) in [7, 11) is 0. The fourth-order valence-corrected chi connectivity index (χ4v) is 2.38. The van der Waals surface area contributed by atoms with Crippen molar-refractivity contribution in [1.82, 2.24) is 10.6 Å². The molecule has 1 amide bonds. The van der Waals surface area contributed by atoms with Crippen LogP contribution in [0.15, 0.2) is 24.3 Å². The Kier molecular flexibility index (Phi) is 4.39. The van der Waals surface area contributed by atoms with E-state index in [2.05, 4.69) is 64.4 Å². The summed E-state index contributed by atoms with van der Waals surface area (Å²) in [5.41, 5.74) is 1.29. The fourth-order valence-electron chi connectivity index (χ4n) is 2.02. The predicted molar refractivity (Wildman–Crippen MR) is 76.7 cm³/mol. The first-order valence-corrected chi connectivity index (χ1v) is 7.01. The normalized spacial score (nSPS) is 21.3. The molecule has 1 aromatic carbocycles. The van der Waals surface area contributed by atoms with Crippen molar-refractivity contribution in [1.29, 1.82) is 0 Å². The Hall–Kier alpha value is -0.620. The highest BCUT2D eigenvalue weighted by atomic mass is 127. The summed E-state index contributed by atoms with van der Waals surface area (Å²) in [5.74, 6) is 0.179. The van der Waals surface area contributed by atoms with Crippen LogP contribution in [0.1, 0.15) is 31.4 Å². The molecule has 4 heteroatoms. The van der Waals surface area contributed by atoms with Gasteiger partial charge >= 0.3 is 0 Å². The lowest BCUT2D eigenvalue weighted by Crippen LogP contribution is -2.36. The van der Waals surface area contributed by atoms with Crippen molar-refractivity contribution in [2.24, 2.45) is 0 Å². The second-order valence-corrected chi connectivity index (χ2v) is 5.73. The number of benzene rings is 1. The molecule has 92 valence electrons. The molecular weight excluding hydrogens is 327 g/mol. The van der Waals surface area contributed by atoms with E-state index in [1.165, 1.54) is 9.13 Å². The van der Waals surface area contributed by atoms with Crippen molar-refractivity contribution in [3.8, 4) is 0 Å². The zero-order valence-corrected chi connectivity index (χ0v) is 12.0. The Morgan fingerprint density at radius 1 is 1.47 bits per heavy atom. The molecule has 0 saturated carbocycles. The number of rotatable bonds is 4. The van der Waals surface area contributed by atoms with Crippen LogP contribution in [0.5, 0.6) is 0 Å². The van der Waals surface area contributed by atoms with Gasteiger partial charge in [-0.1, -0.05) is 12.1 Å². The molecule has 0 radical (unpaired) electrons. The average molecular weight is 344 g/mol. The van der Waals surface area contributed by atoms with E-state index < -0.39 is 0 Å². The van der Waals surface area contributed by atoms with Crippen molar-refractivity contribution in [2.45, 2.75) is 31.8 Å². The fraction of sp³-hybridized carbons (Fsp3) is 0.462. The molecule has 0 aromatic heterocycles. The lowest BCUT2D eigenvalue weighted by atomic mass is 10.1. The van der Waals surface area contributed by atoms with E-state index in [-0.39, 0.29) is 5.91 Å². The third kappa shape index (κ3) is 3.67. The maximum Gasteiger partial charge on any atom is 0.220 e. The number of carbonyl (C=O) groups excluding carboxylic acids is 1. The van der Waals surface area contributed by atoms with Crippen LogP contribution < -0.4 is 10.6 Å². The van der Waals surface area contributed by atoms with Crippen LogP contribution in [-0.4, -0.2) is 18.5 Å². The predicted octanol–water partition coefficient (Wildman–Crippen LogP) is 2.22. The molecule has 1 aliphatic rings. The highest BCUT2D eigenvalue weighted by Crippen LogP contribution is 2.15. The van der Waals surface area contributed by atoms with Crippen molar-refractivity contribution in [3.05, 3.63) is 33.4 Å². The van der Waals surface area contributed by atoms with Gasteiger partial charge in [0.2, 0.25) is 5.91 Å². The topological polar surface area (TPSA) is 41.1 Å². The maximum absolute atomic E-state index is 11.1. The van der Waals surface area contributed by atoms with E-state index in [9.17, 15) is 4.79 Å². The Bertz CT molecular complexity index is 391. The molecule has 1 aromatic rings. The quantitative estimate of drug-likeness (QED) is 0.823. The van der Waals surface area contributed by atoms with Gasteiger partial charge in [-0.15, -0.1) is 0 Å². The molecule has 2 N–H and O–H groups in total. The molecular formula is C13H17IN2O. The molecule has 0 bridgehead atoms. The Labute approximate surface area is 116 Å². The van der Waals surface area contributed by atoms with Crippen molar-refractivity contribution in [2.75, 3.05) is 6.54 Å². The summed E-state index contributed by atoms with van der Waals surface area (Å²) >= 11 is 2.31. The first-order chi connectivity index (χ1) is 8.15. The average Bonchev–Trinajstić information content (AvgIpc) is 2.73. The minimum Gasteiger partial charge on any atom is -0.352 e. The minimum atomic E-state index is 0.179. The smallest absolute Gasteiger partial charge is 0.220 e. The molecule has 0 spiro atoms. The second kappa shape index (κ2) is 5.82. The SMILES string of the molecule is CC(NCC1CCC(=O)N1)c1ccc(I)cc1. The van der Waals surface area contributed by atoms with Crippen molar-refractivity contribution < 1.29 is 4.79 Å². The van der Waals surface area contributed by atoms with Gasteiger partial charge in [0.05, 0.1) is 0 Å². The van der Waals surface area contributed by atoms with Gasteiger partial charge in [-0.2, -0.15) is 0 Å². The van der Waals surface area contributed by atoms with Crippen LogP contribution in [0.25, 0.3) is 0 Å². The largest absolute Gasteiger partial charge is 0.352 e. The molecule has 17 heavy (non-hydrogen) atoms. The summed E-state index contributed by atoms with van der Waals surface area (Å²) in [4.78, 5) is 11.1. The molecule has 1 saturated heterocycles. The first kappa shape index (κ1) is 12.8. The van der Waals surface area contributed by atoms with Crippen LogP contribution in [0, 0.1) is 3.57 Å². The molecule has 2 atom stereocenters. The van der Waals surface area contributed by atoms with E-state index in [1.807, 2.05) is 0 Å². The summed E-state index contributed by atoms with van der Waals surface area (Å²) in [6, 6.07) is 9.15. The summed E-state index contributed by atoms with van der Waals surface area (Å²) in [6.07, 6.45) is 1.62. The zero-order valence-electron chi connectivity index (χ0n) is 9.87. The monoisotopic (exact) mass is 344 g/mol. The molecule has 2 unspecified atom stereocenters. The van der Waals surface area contributed by atoms with E-state index in [0.29, 0.717) is 18.5 Å². The second-order valence-electron chi connectivity index (χ2n) is 4.48. The summed E-state index contributed by atoms with van der Waals surface area (Å²) in [5, 5.41) is 6.43. The van der Waals surface area contributed by atoms with Crippen LogP contribution >= 0.6 is 22.6 Å². The highest BCUT2D eigenvalue weighted by molar-refractivity contribution is 14.1. The number of amides is 1. The number of halogens is 1. The number of hydrogen-bond acceptors (Lipinski definition) is 2.